The molecule has 1 N–H and O–H groups in total. The molecule has 0 saturated carbocycles. The lowest BCUT2D eigenvalue weighted by Gasteiger charge is -2.05. The van der Waals surface area contributed by atoms with Crippen LogP contribution in [-0.2, 0) is 9.57 Å². The normalized spacial score (nSPS) is 10.0. The van der Waals surface area contributed by atoms with Crippen LogP contribution >= 0.6 is 11.6 Å². The largest absolute Gasteiger partial charge is 0.382 e. The van der Waals surface area contributed by atoms with E-state index in [-0.39, 0.29) is 17.3 Å². The number of carbonyl (C=O) groups excluding carboxylic acids is 1. The summed E-state index contributed by atoms with van der Waals surface area (Å²) < 4.78 is 4.74. The van der Waals surface area contributed by atoms with Crippen LogP contribution in [0.25, 0.3) is 0 Å². The smallest absolute Gasteiger partial charge is 0.277 e. The number of hydrogen-bond donors (Lipinski definition) is 1. The Morgan fingerprint density at radius 1 is 1.60 bits per heavy atom. The van der Waals surface area contributed by atoms with Crippen LogP contribution in [0.15, 0.2) is 18.3 Å². The third-order valence-electron chi connectivity index (χ3n) is 1.56. The van der Waals surface area contributed by atoms with E-state index in [4.69, 9.17) is 21.2 Å². The topological polar surface area (TPSA) is 60.5 Å². The van der Waals surface area contributed by atoms with Crippen LogP contribution in [0.2, 0.25) is 5.15 Å². The molecule has 0 unspecified atom stereocenters. The Balaban J connectivity index is 2.44. The molecular weight excluding hydrogens is 220 g/mol. The zero-order valence-corrected chi connectivity index (χ0v) is 8.95. The highest BCUT2D eigenvalue weighted by Gasteiger charge is 2.09. The molecular formula is C9H11ClN2O3. The van der Waals surface area contributed by atoms with Gasteiger partial charge in [0.15, 0.2) is 0 Å². The van der Waals surface area contributed by atoms with Crippen LogP contribution < -0.4 is 5.48 Å². The van der Waals surface area contributed by atoms with E-state index >= 15 is 0 Å². The van der Waals surface area contributed by atoms with Gasteiger partial charge in [-0.1, -0.05) is 11.6 Å². The molecule has 5 nitrogen and oxygen atoms in total. The molecule has 0 fully saturated rings. The number of ether oxygens (including phenoxy) is 1. The summed E-state index contributed by atoms with van der Waals surface area (Å²) in [5.41, 5.74) is 2.51. The van der Waals surface area contributed by atoms with Crippen molar-refractivity contribution in [3.05, 3.63) is 29.0 Å². The van der Waals surface area contributed by atoms with Crippen molar-refractivity contribution in [3.8, 4) is 0 Å². The number of methoxy groups -OCH3 is 1. The van der Waals surface area contributed by atoms with Crippen LogP contribution in [0.5, 0.6) is 0 Å². The summed E-state index contributed by atoms with van der Waals surface area (Å²) in [7, 11) is 1.54. The van der Waals surface area contributed by atoms with Crippen molar-refractivity contribution < 1.29 is 14.4 Å². The van der Waals surface area contributed by atoms with Crippen LogP contribution in [0.3, 0.4) is 0 Å². The van der Waals surface area contributed by atoms with Crippen molar-refractivity contribution in [2.24, 2.45) is 0 Å². The minimum Gasteiger partial charge on any atom is -0.382 e. The number of halogens is 1. The van der Waals surface area contributed by atoms with Gasteiger partial charge in [0.05, 0.1) is 18.8 Å². The number of aromatic nitrogens is 1. The third-order valence-corrected chi connectivity index (χ3v) is 1.86. The quantitative estimate of drug-likeness (QED) is 0.467. The zero-order chi connectivity index (χ0) is 11.1. The minimum absolute atomic E-state index is 0.144. The van der Waals surface area contributed by atoms with E-state index in [2.05, 4.69) is 10.5 Å². The molecule has 1 amide bonds. The van der Waals surface area contributed by atoms with Gasteiger partial charge in [-0.3, -0.25) is 9.63 Å². The number of rotatable bonds is 5. The number of carbonyl (C=O) groups is 1. The van der Waals surface area contributed by atoms with Gasteiger partial charge in [-0.25, -0.2) is 10.5 Å². The first-order valence-electron chi connectivity index (χ1n) is 4.27. The van der Waals surface area contributed by atoms with Gasteiger partial charge in [-0.15, -0.1) is 0 Å². The molecule has 0 saturated heterocycles. The Kier molecular flexibility index (Phi) is 5.03. The predicted octanol–water partition coefficient (Wildman–Crippen LogP) is 1.04. The van der Waals surface area contributed by atoms with Crippen molar-refractivity contribution in [1.29, 1.82) is 0 Å². The summed E-state index contributed by atoms with van der Waals surface area (Å²) in [4.78, 5) is 20.0. The Hall–Kier alpha value is -1.17. The van der Waals surface area contributed by atoms with Crippen molar-refractivity contribution in [3.63, 3.8) is 0 Å². The number of pyridine rings is 1. The molecule has 0 spiro atoms. The van der Waals surface area contributed by atoms with Crippen LogP contribution in [-0.4, -0.2) is 31.2 Å². The summed E-state index contributed by atoms with van der Waals surface area (Å²) in [5.74, 6) is -0.427. The van der Waals surface area contributed by atoms with E-state index in [0.29, 0.717) is 6.61 Å². The highest BCUT2D eigenvalue weighted by molar-refractivity contribution is 6.32. The highest BCUT2D eigenvalue weighted by atomic mass is 35.5. The van der Waals surface area contributed by atoms with Gasteiger partial charge in [0.1, 0.15) is 5.15 Å². The molecule has 0 atom stereocenters. The molecule has 0 aliphatic carbocycles. The number of nitrogens with zero attached hydrogens (tertiary/aromatic N) is 1. The molecule has 82 valence electrons. The summed E-state index contributed by atoms with van der Waals surface area (Å²) in [5, 5.41) is 0.144. The average molecular weight is 231 g/mol. The number of nitrogens with one attached hydrogen (secondary N) is 1. The summed E-state index contributed by atoms with van der Waals surface area (Å²) >= 11 is 5.71. The molecule has 15 heavy (non-hydrogen) atoms. The van der Waals surface area contributed by atoms with E-state index < -0.39 is 5.91 Å². The summed E-state index contributed by atoms with van der Waals surface area (Å²) in [6, 6.07) is 3.18. The Labute approximate surface area is 92.3 Å². The lowest BCUT2D eigenvalue weighted by atomic mass is 10.3. The van der Waals surface area contributed by atoms with Gasteiger partial charge in [-0.05, 0) is 12.1 Å². The van der Waals surface area contributed by atoms with E-state index in [1.54, 1.807) is 19.2 Å². The molecule has 0 aliphatic rings. The SMILES string of the molecule is COCCONC(=O)c1cccnc1Cl. The monoisotopic (exact) mass is 230 g/mol. The van der Waals surface area contributed by atoms with E-state index in [1.165, 1.54) is 6.20 Å². The predicted molar refractivity (Wildman–Crippen MR) is 54.5 cm³/mol. The van der Waals surface area contributed by atoms with Gasteiger partial charge in [0.25, 0.3) is 5.91 Å². The second-order valence-corrected chi connectivity index (χ2v) is 2.97. The van der Waals surface area contributed by atoms with Gasteiger partial charge in [-0.2, -0.15) is 0 Å². The molecule has 1 heterocycles. The van der Waals surface area contributed by atoms with Crippen LogP contribution in [0.4, 0.5) is 0 Å². The molecule has 6 heteroatoms. The van der Waals surface area contributed by atoms with Gasteiger partial charge in [0, 0.05) is 13.3 Å². The first kappa shape index (κ1) is 11.9. The average Bonchev–Trinajstić information content (AvgIpc) is 2.25. The van der Waals surface area contributed by atoms with E-state index in [1.807, 2.05) is 0 Å². The fraction of sp³-hybridized carbons (Fsp3) is 0.333. The molecule has 0 aromatic carbocycles. The number of hydrogen-bond acceptors (Lipinski definition) is 4. The van der Waals surface area contributed by atoms with Gasteiger partial charge < -0.3 is 4.74 Å². The minimum atomic E-state index is -0.427. The Morgan fingerprint density at radius 2 is 2.40 bits per heavy atom. The highest BCUT2D eigenvalue weighted by Crippen LogP contribution is 2.10. The van der Waals surface area contributed by atoms with Crippen molar-refractivity contribution in [2.45, 2.75) is 0 Å². The maximum atomic E-state index is 11.4. The molecule has 0 bridgehead atoms. The number of amides is 1. The van der Waals surface area contributed by atoms with Crippen molar-refractivity contribution in [1.82, 2.24) is 10.5 Å². The standard InChI is InChI=1S/C9H11ClN2O3/c1-14-5-6-15-12-9(13)7-3-2-4-11-8(7)10/h2-4H,5-6H2,1H3,(H,12,13). The fourth-order valence-corrected chi connectivity index (χ4v) is 1.06. The Bertz CT molecular complexity index is 333. The van der Waals surface area contributed by atoms with Gasteiger partial charge >= 0.3 is 0 Å². The van der Waals surface area contributed by atoms with Crippen LogP contribution in [0, 0.1) is 0 Å². The molecule has 0 radical (unpaired) electrons. The third kappa shape index (κ3) is 3.83. The van der Waals surface area contributed by atoms with E-state index in [0.717, 1.165) is 0 Å². The lowest BCUT2D eigenvalue weighted by Crippen LogP contribution is -2.25. The van der Waals surface area contributed by atoms with Crippen molar-refractivity contribution >= 4 is 17.5 Å². The first-order chi connectivity index (χ1) is 7.25. The molecule has 1 aromatic rings. The fourth-order valence-electron chi connectivity index (χ4n) is 0.852. The molecule has 0 aliphatic heterocycles. The Morgan fingerprint density at radius 3 is 3.07 bits per heavy atom. The maximum Gasteiger partial charge on any atom is 0.277 e. The molecule has 1 rings (SSSR count). The van der Waals surface area contributed by atoms with Crippen molar-refractivity contribution in [2.75, 3.05) is 20.3 Å². The van der Waals surface area contributed by atoms with E-state index in [9.17, 15) is 4.79 Å². The first-order valence-corrected chi connectivity index (χ1v) is 4.65. The van der Waals surface area contributed by atoms with Gasteiger partial charge in [0.2, 0.25) is 0 Å². The second-order valence-electron chi connectivity index (χ2n) is 2.61. The lowest BCUT2D eigenvalue weighted by molar-refractivity contribution is 0.00887. The maximum absolute atomic E-state index is 11.4. The summed E-state index contributed by atoms with van der Waals surface area (Å²) in [6.07, 6.45) is 1.50. The zero-order valence-electron chi connectivity index (χ0n) is 8.20. The summed E-state index contributed by atoms with van der Waals surface area (Å²) in [6.45, 7) is 0.682. The van der Waals surface area contributed by atoms with Crippen LogP contribution in [0.1, 0.15) is 10.4 Å². The number of hydroxylamine groups is 1. The molecule has 1 aromatic heterocycles. The second kappa shape index (κ2) is 6.34.